The van der Waals surface area contributed by atoms with E-state index < -0.39 is 5.97 Å². The van der Waals surface area contributed by atoms with Gasteiger partial charge in [-0.1, -0.05) is 0 Å². The minimum absolute atomic E-state index is 0.0403. The second-order valence-corrected chi connectivity index (χ2v) is 5.49. The van der Waals surface area contributed by atoms with Crippen LogP contribution in [0, 0.1) is 11.3 Å². The van der Waals surface area contributed by atoms with Crippen LogP contribution in [-0.2, 0) is 0 Å². The third-order valence-corrected chi connectivity index (χ3v) is 3.67. The zero-order chi connectivity index (χ0) is 16.6. The molecule has 3 aromatic rings. The first-order chi connectivity index (χ1) is 11.0. The fraction of sp³-hybridized carbons (Fsp3) is 0.176. The predicted octanol–water partition coefficient (Wildman–Crippen LogP) is 3.25. The van der Waals surface area contributed by atoms with Crippen molar-refractivity contribution < 1.29 is 9.90 Å². The van der Waals surface area contributed by atoms with Gasteiger partial charge in [-0.15, -0.1) is 0 Å². The maximum Gasteiger partial charge on any atom is 0.338 e. The summed E-state index contributed by atoms with van der Waals surface area (Å²) in [5, 5.41) is 19.1. The fourth-order valence-corrected chi connectivity index (χ4v) is 2.50. The Morgan fingerprint density at radius 3 is 2.57 bits per heavy atom. The summed E-state index contributed by atoms with van der Waals surface area (Å²) < 4.78 is 2.05. The molecule has 1 aromatic carbocycles. The highest BCUT2D eigenvalue weighted by atomic mass is 16.4. The van der Waals surface area contributed by atoms with E-state index in [1.165, 1.54) is 12.4 Å². The van der Waals surface area contributed by atoms with E-state index in [4.69, 9.17) is 5.11 Å². The maximum atomic E-state index is 10.9. The SMILES string of the molecule is CC(C)n1cc(C#N)c2cc(-c3ncc(C(=O)O)cn3)ccc21. The van der Waals surface area contributed by atoms with Crippen LogP contribution in [0.25, 0.3) is 22.3 Å². The second-order valence-electron chi connectivity index (χ2n) is 5.49. The summed E-state index contributed by atoms with van der Waals surface area (Å²) in [6.45, 7) is 4.12. The first kappa shape index (κ1) is 14.7. The molecule has 0 aliphatic heterocycles. The lowest BCUT2D eigenvalue weighted by atomic mass is 10.1. The van der Waals surface area contributed by atoms with Gasteiger partial charge in [0.1, 0.15) is 6.07 Å². The van der Waals surface area contributed by atoms with E-state index in [1.807, 2.05) is 29.0 Å². The quantitative estimate of drug-likeness (QED) is 0.802. The maximum absolute atomic E-state index is 10.9. The molecule has 0 spiro atoms. The fourth-order valence-electron chi connectivity index (χ4n) is 2.50. The molecular weight excluding hydrogens is 292 g/mol. The molecule has 0 saturated heterocycles. The molecule has 3 rings (SSSR count). The molecule has 0 radical (unpaired) electrons. The van der Waals surface area contributed by atoms with Crippen molar-refractivity contribution in [2.75, 3.05) is 0 Å². The standard InChI is InChI=1S/C17H14N4O2/c1-10(2)21-9-12(6-18)14-5-11(3-4-15(14)21)16-19-7-13(8-20-16)17(22)23/h3-5,7-10H,1-2H3,(H,22,23). The number of rotatable bonds is 3. The largest absolute Gasteiger partial charge is 0.478 e. The van der Waals surface area contributed by atoms with E-state index >= 15 is 0 Å². The number of benzene rings is 1. The minimum Gasteiger partial charge on any atom is -0.478 e. The van der Waals surface area contributed by atoms with E-state index in [-0.39, 0.29) is 11.6 Å². The van der Waals surface area contributed by atoms with E-state index in [9.17, 15) is 10.1 Å². The van der Waals surface area contributed by atoms with Crippen molar-refractivity contribution in [1.29, 1.82) is 5.26 Å². The van der Waals surface area contributed by atoms with Gasteiger partial charge in [0.05, 0.1) is 11.1 Å². The molecule has 6 heteroatoms. The highest BCUT2D eigenvalue weighted by molar-refractivity contribution is 5.90. The Morgan fingerprint density at radius 2 is 2.00 bits per heavy atom. The van der Waals surface area contributed by atoms with Gasteiger partial charge in [0.15, 0.2) is 5.82 Å². The molecular formula is C17H14N4O2. The van der Waals surface area contributed by atoms with Crippen molar-refractivity contribution in [3.05, 3.63) is 47.9 Å². The lowest BCUT2D eigenvalue weighted by molar-refractivity contribution is 0.0696. The molecule has 6 nitrogen and oxygen atoms in total. The molecule has 114 valence electrons. The topological polar surface area (TPSA) is 91.8 Å². The van der Waals surface area contributed by atoms with E-state index in [1.54, 1.807) is 0 Å². The number of carbonyl (C=O) groups is 1. The summed E-state index contributed by atoms with van der Waals surface area (Å²) >= 11 is 0. The molecule has 2 aromatic heterocycles. The van der Waals surface area contributed by atoms with Crippen molar-refractivity contribution in [1.82, 2.24) is 14.5 Å². The van der Waals surface area contributed by atoms with Crippen molar-refractivity contribution >= 4 is 16.9 Å². The Morgan fingerprint density at radius 1 is 1.30 bits per heavy atom. The molecule has 0 fully saturated rings. The zero-order valence-corrected chi connectivity index (χ0v) is 12.7. The normalized spacial score (nSPS) is 10.9. The predicted molar refractivity (Wildman–Crippen MR) is 85.0 cm³/mol. The van der Waals surface area contributed by atoms with Crippen LogP contribution in [-0.4, -0.2) is 25.6 Å². The number of carboxylic acids is 1. The number of aromatic nitrogens is 3. The summed E-state index contributed by atoms with van der Waals surface area (Å²) in [6, 6.07) is 8.12. The zero-order valence-electron chi connectivity index (χ0n) is 12.7. The van der Waals surface area contributed by atoms with Gasteiger partial charge in [0.25, 0.3) is 0 Å². The lowest BCUT2D eigenvalue weighted by Crippen LogP contribution is -2.00. The summed E-state index contributed by atoms with van der Waals surface area (Å²) in [7, 11) is 0. The molecule has 0 atom stereocenters. The molecule has 0 amide bonds. The van der Waals surface area contributed by atoms with Gasteiger partial charge in [0.2, 0.25) is 0 Å². The molecule has 1 N–H and O–H groups in total. The summed E-state index contributed by atoms with van der Waals surface area (Å²) in [5.41, 5.74) is 2.35. The number of carboxylic acid groups (broad SMARTS) is 1. The summed E-state index contributed by atoms with van der Waals surface area (Å²) in [4.78, 5) is 19.0. The van der Waals surface area contributed by atoms with Crippen molar-refractivity contribution in [2.45, 2.75) is 19.9 Å². The van der Waals surface area contributed by atoms with Gasteiger partial charge in [0, 0.05) is 41.1 Å². The van der Waals surface area contributed by atoms with Crippen LogP contribution in [0.1, 0.15) is 35.8 Å². The van der Waals surface area contributed by atoms with Gasteiger partial charge in [-0.3, -0.25) is 0 Å². The highest BCUT2D eigenvalue weighted by Gasteiger charge is 2.13. The van der Waals surface area contributed by atoms with E-state index in [0.29, 0.717) is 11.4 Å². The van der Waals surface area contributed by atoms with Gasteiger partial charge in [-0.05, 0) is 32.0 Å². The Balaban J connectivity index is 2.13. The Labute approximate surface area is 132 Å². The van der Waals surface area contributed by atoms with Gasteiger partial charge in [-0.25, -0.2) is 14.8 Å². The van der Waals surface area contributed by atoms with Crippen molar-refractivity contribution in [3.63, 3.8) is 0 Å². The van der Waals surface area contributed by atoms with Crippen LogP contribution in [0.15, 0.2) is 36.8 Å². The number of hydrogen-bond acceptors (Lipinski definition) is 4. The van der Waals surface area contributed by atoms with E-state index in [2.05, 4.69) is 29.9 Å². The third-order valence-electron chi connectivity index (χ3n) is 3.67. The number of aromatic carboxylic acids is 1. The first-order valence-electron chi connectivity index (χ1n) is 7.11. The number of hydrogen-bond donors (Lipinski definition) is 1. The average Bonchev–Trinajstić information content (AvgIpc) is 2.93. The van der Waals surface area contributed by atoms with Crippen LogP contribution in [0.3, 0.4) is 0 Å². The van der Waals surface area contributed by atoms with Crippen molar-refractivity contribution in [2.24, 2.45) is 0 Å². The van der Waals surface area contributed by atoms with Gasteiger partial charge >= 0.3 is 5.97 Å². The first-order valence-corrected chi connectivity index (χ1v) is 7.11. The monoisotopic (exact) mass is 306 g/mol. The molecule has 23 heavy (non-hydrogen) atoms. The summed E-state index contributed by atoms with van der Waals surface area (Å²) in [6.07, 6.45) is 4.40. The lowest BCUT2D eigenvalue weighted by Gasteiger charge is -2.09. The molecule has 0 saturated carbocycles. The number of nitrogens with zero attached hydrogens (tertiary/aromatic N) is 4. The third kappa shape index (κ3) is 2.53. The Hall–Kier alpha value is -3.20. The minimum atomic E-state index is -1.06. The number of nitriles is 1. The smallest absolute Gasteiger partial charge is 0.338 e. The highest BCUT2D eigenvalue weighted by Crippen LogP contribution is 2.28. The van der Waals surface area contributed by atoms with Gasteiger partial charge < -0.3 is 9.67 Å². The molecule has 2 heterocycles. The van der Waals surface area contributed by atoms with Crippen LogP contribution < -0.4 is 0 Å². The molecule has 0 bridgehead atoms. The van der Waals surface area contributed by atoms with Gasteiger partial charge in [-0.2, -0.15) is 5.26 Å². The van der Waals surface area contributed by atoms with E-state index in [0.717, 1.165) is 16.5 Å². The van der Waals surface area contributed by atoms with Crippen LogP contribution in [0.5, 0.6) is 0 Å². The summed E-state index contributed by atoms with van der Waals surface area (Å²) in [5.74, 6) is -0.633. The molecule has 0 unspecified atom stereocenters. The Bertz CT molecular complexity index is 934. The van der Waals surface area contributed by atoms with Crippen LogP contribution >= 0.6 is 0 Å². The second kappa shape index (κ2) is 5.54. The Kier molecular flexibility index (Phi) is 3.54. The molecule has 0 aliphatic rings. The molecule has 0 aliphatic carbocycles. The van der Waals surface area contributed by atoms with Crippen LogP contribution in [0.2, 0.25) is 0 Å². The number of fused-ring (bicyclic) bond motifs is 1. The van der Waals surface area contributed by atoms with Crippen LogP contribution in [0.4, 0.5) is 0 Å². The average molecular weight is 306 g/mol. The van der Waals surface area contributed by atoms with Crippen molar-refractivity contribution in [3.8, 4) is 17.5 Å².